The van der Waals surface area contributed by atoms with Crippen LogP contribution >= 0.6 is 31.9 Å². The molecule has 0 saturated carbocycles. The Hall–Kier alpha value is -0.720. The monoisotopic (exact) mass is 364 g/mol. The summed E-state index contributed by atoms with van der Waals surface area (Å²) < 4.78 is 6.30. The molecule has 1 N–H and O–H groups in total. The predicted molar refractivity (Wildman–Crippen MR) is 69.2 cm³/mol. The number of esters is 1. The molecule has 0 unspecified atom stereocenters. The van der Waals surface area contributed by atoms with Crippen molar-refractivity contribution in [3.8, 4) is 5.75 Å². The molecule has 6 heteroatoms. The van der Waals surface area contributed by atoms with E-state index < -0.39 is 5.97 Å². The van der Waals surface area contributed by atoms with E-state index in [1.807, 2.05) is 0 Å². The predicted octanol–water partition coefficient (Wildman–Crippen LogP) is 2.70. The van der Waals surface area contributed by atoms with Crippen molar-refractivity contribution in [1.29, 1.82) is 0 Å². The van der Waals surface area contributed by atoms with Crippen LogP contribution in [0.4, 0.5) is 0 Å². The Morgan fingerprint density at radius 3 is 2.71 bits per heavy atom. The molecule has 0 bridgehead atoms. The van der Waals surface area contributed by atoms with Gasteiger partial charge in [0.25, 0.3) is 0 Å². The standard InChI is InChI=1S/C11H10Br2O4/c12-8-4-7(6-15)11(9(13)5-8)17-10(16)2-1-3-14/h4-6,14H,1-3H2. The van der Waals surface area contributed by atoms with E-state index in [9.17, 15) is 9.59 Å². The molecule has 1 rings (SSSR count). The van der Waals surface area contributed by atoms with Crippen LogP contribution in [0.25, 0.3) is 0 Å². The van der Waals surface area contributed by atoms with Gasteiger partial charge in [-0.3, -0.25) is 9.59 Å². The summed E-state index contributed by atoms with van der Waals surface area (Å²) in [4.78, 5) is 22.2. The van der Waals surface area contributed by atoms with Crippen molar-refractivity contribution in [2.24, 2.45) is 0 Å². The first-order chi connectivity index (χ1) is 8.08. The topological polar surface area (TPSA) is 63.6 Å². The molecule has 17 heavy (non-hydrogen) atoms. The van der Waals surface area contributed by atoms with E-state index in [-0.39, 0.29) is 24.3 Å². The number of aliphatic hydroxyl groups is 1. The highest BCUT2D eigenvalue weighted by atomic mass is 79.9. The zero-order valence-electron chi connectivity index (χ0n) is 8.78. The second-order valence-corrected chi connectivity index (χ2v) is 5.00. The van der Waals surface area contributed by atoms with Gasteiger partial charge in [-0.25, -0.2) is 0 Å². The molecule has 0 aliphatic carbocycles. The van der Waals surface area contributed by atoms with Crippen molar-refractivity contribution in [2.75, 3.05) is 6.61 Å². The van der Waals surface area contributed by atoms with Gasteiger partial charge in [-0.2, -0.15) is 0 Å². The lowest BCUT2D eigenvalue weighted by molar-refractivity contribution is -0.134. The van der Waals surface area contributed by atoms with Gasteiger partial charge in [0.05, 0.1) is 10.0 Å². The van der Waals surface area contributed by atoms with Gasteiger partial charge in [-0.05, 0) is 34.5 Å². The Bertz CT molecular complexity index is 432. The van der Waals surface area contributed by atoms with E-state index in [1.54, 1.807) is 12.1 Å². The first-order valence-corrected chi connectivity index (χ1v) is 6.43. The van der Waals surface area contributed by atoms with Gasteiger partial charge in [0, 0.05) is 17.5 Å². The van der Waals surface area contributed by atoms with Gasteiger partial charge in [-0.1, -0.05) is 15.9 Å². The summed E-state index contributed by atoms with van der Waals surface area (Å²) in [7, 11) is 0. The normalized spacial score (nSPS) is 10.1. The second kappa shape index (κ2) is 6.88. The van der Waals surface area contributed by atoms with E-state index in [0.29, 0.717) is 21.7 Å². The lowest BCUT2D eigenvalue weighted by atomic mass is 10.2. The smallest absolute Gasteiger partial charge is 0.311 e. The summed E-state index contributed by atoms with van der Waals surface area (Å²) >= 11 is 6.45. The number of carbonyl (C=O) groups is 2. The number of benzene rings is 1. The van der Waals surface area contributed by atoms with Crippen LogP contribution in [-0.2, 0) is 4.79 Å². The van der Waals surface area contributed by atoms with Crippen LogP contribution in [-0.4, -0.2) is 24.0 Å². The average Bonchev–Trinajstić information content (AvgIpc) is 2.29. The van der Waals surface area contributed by atoms with E-state index in [4.69, 9.17) is 9.84 Å². The van der Waals surface area contributed by atoms with Crippen molar-refractivity contribution in [2.45, 2.75) is 12.8 Å². The lowest BCUT2D eigenvalue weighted by Gasteiger charge is -2.09. The molecule has 92 valence electrons. The van der Waals surface area contributed by atoms with Crippen molar-refractivity contribution in [1.82, 2.24) is 0 Å². The highest BCUT2D eigenvalue weighted by Gasteiger charge is 2.13. The highest BCUT2D eigenvalue weighted by molar-refractivity contribution is 9.11. The zero-order valence-corrected chi connectivity index (χ0v) is 12.0. The summed E-state index contributed by atoms with van der Waals surface area (Å²) in [6.45, 7) is -0.0723. The van der Waals surface area contributed by atoms with Gasteiger partial charge in [0.1, 0.15) is 0 Å². The van der Waals surface area contributed by atoms with Crippen molar-refractivity contribution in [3.05, 3.63) is 26.6 Å². The van der Waals surface area contributed by atoms with Gasteiger partial charge < -0.3 is 9.84 Å². The maximum atomic E-state index is 11.4. The number of aliphatic hydroxyl groups excluding tert-OH is 1. The average molecular weight is 366 g/mol. The molecule has 1 aromatic carbocycles. The summed E-state index contributed by atoms with van der Waals surface area (Å²) in [5.74, 6) is -0.281. The third kappa shape index (κ3) is 4.22. The van der Waals surface area contributed by atoms with Gasteiger partial charge in [0.2, 0.25) is 0 Å². The number of ether oxygens (including phenoxy) is 1. The molecule has 0 aliphatic rings. The van der Waals surface area contributed by atoms with Crippen molar-refractivity contribution in [3.63, 3.8) is 0 Å². The molecule has 0 fully saturated rings. The quantitative estimate of drug-likeness (QED) is 0.495. The SMILES string of the molecule is O=Cc1cc(Br)cc(Br)c1OC(=O)CCCO. The Morgan fingerprint density at radius 1 is 1.41 bits per heavy atom. The fraction of sp³-hybridized carbons (Fsp3) is 0.273. The number of hydrogen-bond acceptors (Lipinski definition) is 4. The number of carbonyl (C=O) groups excluding carboxylic acids is 2. The van der Waals surface area contributed by atoms with Crippen LogP contribution in [0.15, 0.2) is 21.1 Å². The van der Waals surface area contributed by atoms with Crippen molar-refractivity contribution < 1.29 is 19.4 Å². The van der Waals surface area contributed by atoms with Crippen LogP contribution in [0.3, 0.4) is 0 Å². The third-order valence-corrected chi connectivity index (χ3v) is 2.97. The van der Waals surface area contributed by atoms with E-state index in [1.165, 1.54) is 0 Å². The summed E-state index contributed by atoms with van der Waals surface area (Å²) in [5, 5.41) is 8.59. The van der Waals surface area contributed by atoms with E-state index in [0.717, 1.165) is 0 Å². The molecule has 4 nitrogen and oxygen atoms in total. The Kier molecular flexibility index (Phi) is 5.80. The summed E-state index contributed by atoms with van der Waals surface area (Å²) in [6.07, 6.45) is 1.06. The van der Waals surface area contributed by atoms with Crippen LogP contribution in [0.5, 0.6) is 5.75 Å². The zero-order chi connectivity index (χ0) is 12.8. The van der Waals surface area contributed by atoms with E-state index >= 15 is 0 Å². The second-order valence-electron chi connectivity index (χ2n) is 3.23. The fourth-order valence-electron chi connectivity index (χ4n) is 1.16. The molecule has 0 heterocycles. The maximum Gasteiger partial charge on any atom is 0.311 e. The maximum absolute atomic E-state index is 11.4. The lowest BCUT2D eigenvalue weighted by Crippen LogP contribution is -2.10. The minimum atomic E-state index is -0.481. The molecule has 0 aromatic heterocycles. The largest absolute Gasteiger partial charge is 0.425 e. The molecule has 0 spiro atoms. The molecule has 0 amide bonds. The van der Waals surface area contributed by atoms with Crippen LogP contribution < -0.4 is 4.74 Å². The number of rotatable bonds is 5. The Morgan fingerprint density at radius 2 is 2.12 bits per heavy atom. The molecule has 1 aromatic rings. The van der Waals surface area contributed by atoms with Gasteiger partial charge in [-0.15, -0.1) is 0 Å². The molecule has 0 saturated heterocycles. The Balaban J connectivity index is 2.89. The Labute approximate surface area is 115 Å². The first-order valence-electron chi connectivity index (χ1n) is 4.84. The van der Waals surface area contributed by atoms with Gasteiger partial charge in [0.15, 0.2) is 12.0 Å². The third-order valence-electron chi connectivity index (χ3n) is 1.92. The van der Waals surface area contributed by atoms with Crippen LogP contribution in [0.2, 0.25) is 0 Å². The fourth-order valence-corrected chi connectivity index (χ4v) is 2.50. The highest BCUT2D eigenvalue weighted by Crippen LogP contribution is 2.32. The van der Waals surface area contributed by atoms with E-state index in [2.05, 4.69) is 31.9 Å². The minimum Gasteiger partial charge on any atom is -0.425 e. The minimum absolute atomic E-state index is 0.0723. The summed E-state index contributed by atoms with van der Waals surface area (Å²) in [5.41, 5.74) is 0.281. The first kappa shape index (κ1) is 14.3. The number of aldehydes is 1. The van der Waals surface area contributed by atoms with Crippen LogP contribution in [0, 0.1) is 0 Å². The van der Waals surface area contributed by atoms with Gasteiger partial charge >= 0.3 is 5.97 Å². The molecule has 0 radical (unpaired) electrons. The molecule has 0 atom stereocenters. The molecular weight excluding hydrogens is 356 g/mol. The molecular formula is C11H10Br2O4. The summed E-state index contributed by atoms with van der Waals surface area (Å²) in [6, 6.07) is 3.24. The van der Waals surface area contributed by atoms with Crippen molar-refractivity contribution >= 4 is 44.1 Å². The van der Waals surface area contributed by atoms with Crippen LogP contribution in [0.1, 0.15) is 23.2 Å². The molecule has 0 aliphatic heterocycles. The number of halogens is 2. The number of hydrogen-bond donors (Lipinski definition) is 1.